The molecule has 0 N–H and O–H groups in total. The Morgan fingerprint density at radius 1 is 1.24 bits per heavy atom. The van der Waals surface area contributed by atoms with Crippen LogP contribution >= 0.6 is 0 Å². The van der Waals surface area contributed by atoms with E-state index >= 15 is 0 Å². The quantitative estimate of drug-likeness (QED) is 0.630. The predicted octanol–water partition coefficient (Wildman–Crippen LogP) is 5.20. The van der Waals surface area contributed by atoms with E-state index in [1.54, 1.807) is 0 Å². The highest BCUT2D eigenvalue weighted by atomic mass is 19.1. The van der Waals surface area contributed by atoms with Crippen molar-refractivity contribution in [3.05, 3.63) is 54.1 Å². The lowest BCUT2D eigenvalue weighted by Gasteiger charge is -2.00. The molecule has 0 saturated carbocycles. The molecule has 0 atom stereocenters. The Labute approximate surface area is 105 Å². The third-order valence-electron chi connectivity index (χ3n) is 1.72. The summed E-state index contributed by atoms with van der Waals surface area (Å²) < 4.78 is 11.7. The van der Waals surface area contributed by atoms with Crippen molar-refractivity contribution in [2.24, 2.45) is 0 Å². The molecule has 17 heavy (non-hydrogen) atoms. The number of benzene rings is 1. The first-order valence-electron chi connectivity index (χ1n) is 5.77. The second-order valence-corrected chi connectivity index (χ2v) is 5.15. The summed E-state index contributed by atoms with van der Waals surface area (Å²) in [6.45, 7) is 14.2. The van der Waals surface area contributed by atoms with Crippen LogP contribution in [0.2, 0.25) is 0 Å². The molecule has 0 heterocycles. The average Bonchev–Trinajstić information content (AvgIpc) is 2.15. The highest BCUT2D eigenvalue weighted by molar-refractivity contribution is 5.47. The van der Waals surface area contributed by atoms with E-state index in [9.17, 15) is 4.39 Å². The van der Waals surface area contributed by atoms with Gasteiger partial charge in [0.25, 0.3) is 0 Å². The zero-order valence-electron chi connectivity index (χ0n) is 11.4. The molecule has 0 spiro atoms. The van der Waals surface area contributed by atoms with Crippen LogP contribution in [0.5, 0.6) is 0 Å². The first-order valence-corrected chi connectivity index (χ1v) is 5.77. The van der Waals surface area contributed by atoms with Crippen LogP contribution in [0.15, 0.2) is 43.0 Å². The maximum absolute atomic E-state index is 11.7. The summed E-state index contributed by atoms with van der Waals surface area (Å²) in [5, 5.41) is 0. The molecule has 0 aromatic heterocycles. The van der Waals surface area contributed by atoms with Crippen LogP contribution in [0.25, 0.3) is 6.08 Å². The lowest BCUT2D eigenvalue weighted by atomic mass is 10.1. The van der Waals surface area contributed by atoms with Gasteiger partial charge in [-0.1, -0.05) is 49.1 Å². The van der Waals surface area contributed by atoms with Crippen LogP contribution in [-0.4, -0.2) is 5.67 Å². The fourth-order valence-electron chi connectivity index (χ4n) is 1.12. The number of rotatable bonds is 3. The molecule has 0 bridgehead atoms. The summed E-state index contributed by atoms with van der Waals surface area (Å²) in [5.41, 5.74) is 2.68. The first kappa shape index (κ1) is 15.6. The molecule has 1 heteroatoms. The third kappa shape index (κ3) is 10.9. The summed E-state index contributed by atoms with van der Waals surface area (Å²) in [6, 6.07) is 8.38. The molecule has 0 amide bonds. The summed E-state index contributed by atoms with van der Waals surface area (Å²) in [7, 11) is 0. The molecular formula is C16H23F. The van der Waals surface area contributed by atoms with Crippen molar-refractivity contribution in [3.63, 3.8) is 0 Å². The Hall–Kier alpha value is -1.37. The van der Waals surface area contributed by atoms with Crippen molar-refractivity contribution >= 4 is 6.08 Å². The Kier molecular flexibility index (Phi) is 6.48. The minimum Gasteiger partial charge on any atom is -0.245 e. The van der Waals surface area contributed by atoms with Crippen LogP contribution in [0, 0.1) is 0 Å². The molecule has 0 aliphatic heterocycles. The Morgan fingerprint density at radius 3 is 1.94 bits per heavy atom. The maximum Gasteiger partial charge on any atom is 0.102 e. The molecule has 0 fully saturated rings. The maximum atomic E-state index is 11.7. The Balaban J connectivity index is 0.000000437. The molecule has 0 nitrogen and oxygen atoms in total. The van der Waals surface area contributed by atoms with Gasteiger partial charge in [0.05, 0.1) is 0 Å². The molecule has 1 aromatic carbocycles. The zero-order chi connectivity index (χ0) is 13.5. The van der Waals surface area contributed by atoms with E-state index in [1.807, 2.05) is 13.0 Å². The van der Waals surface area contributed by atoms with Gasteiger partial charge in [0.15, 0.2) is 0 Å². The van der Waals surface area contributed by atoms with Gasteiger partial charge in [0.1, 0.15) is 5.67 Å². The zero-order valence-corrected chi connectivity index (χ0v) is 11.4. The summed E-state index contributed by atoms with van der Waals surface area (Å²) in [4.78, 5) is 0. The molecule has 0 aliphatic carbocycles. The fourth-order valence-corrected chi connectivity index (χ4v) is 1.12. The normalized spacial score (nSPS) is 10.2. The largest absolute Gasteiger partial charge is 0.245 e. The average molecular weight is 234 g/mol. The van der Waals surface area contributed by atoms with Crippen molar-refractivity contribution in [3.8, 4) is 0 Å². The van der Waals surface area contributed by atoms with Crippen LogP contribution in [0.4, 0.5) is 4.39 Å². The van der Waals surface area contributed by atoms with Crippen molar-refractivity contribution in [1.29, 1.82) is 0 Å². The molecule has 1 rings (SSSR count). The van der Waals surface area contributed by atoms with E-state index in [1.165, 1.54) is 37.5 Å². The van der Waals surface area contributed by atoms with Gasteiger partial charge in [0.2, 0.25) is 0 Å². The topological polar surface area (TPSA) is 0 Å². The lowest BCUT2D eigenvalue weighted by Crippen LogP contribution is -2.01. The van der Waals surface area contributed by atoms with Gasteiger partial charge in [0, 0.05) is 0 Å². The summed E-state index contributed by atoms with van der Waals surface area (Å²) >= 11 is 0. The minimum absolute atomic E-state index is 0.970. The molecule has 1 aromatic rings. The molecule has 94 valence electrons. The summed E-state index contributed by atoms with van der Waals surface area (Å²) in [6.07, 6.45) is 2.82. The van der Waals surface area contributed by atoms with Crippen molar-refractivity contribution in [1.82, 2.24) is 0 Å². The summed E-state index contributed by atoms with van der Waals surface area (Å²) in [5.74, 6) is 0. The monoisotopic (exact) mass is 234 g/mol. The minimum atomic E-state index is -1.00. The van der Waals surface area contributed by atoms with Crippen LogP contribution in [-0.2, 0) is 6.42 Å². The first-order chi connectivity index (χ1) is 7.72. The standard InChI is InChI=1S/C12H14.C4H9F/c1-4-11-5-7-12(8-6-11)9-10(2)3;1-4(2,3)5/h4-8H,1-2,9H2,3H3;1-3H3. The van der Waals surface area contributed by atoms with Gasteiger partial charge in [-0.3, -0.25) is 0 Å². The van der Waals surface area contributed by atoms with Crippen molar-refractivity contribution in [2.45, 2.75) is 39.8 Å². The molecule has 0 saturated heterocycles. The number of hydrogen-bond donors (Lipinski definition) is 0. The lowest BCUT2D eigenvalue weighted by molar-refractivity contribution is 0.246. The van der Waals surface area contributed by atoms with Gasteiger partial charge < -0.3 is 0 Å². The van der Waals surface area contributed by atoms with E-state index in [4.69, 9.17) is 0 Å². The van der Waals surface area contributed by atoms with E-state index in [2.05, 4.69) is 37.4 Å². The van der Waals surface area contributed by atoms with E-state index < -0.39 is 5.67 Å². The number of halogens is 1. The highest BCUT2D eigenvalue weighted by Gasteiger charge is 2.01. The van der Waals surface area contributed by atoms with E-state index in [-0.39, 0.29) is 0 Å². The smallest absolute Gasteiger partial charge is 0.102 e. The van der Waals surface area contributed by atoms with Crippen LogP contribution in [0.1, 0.15) is 38.8 Å². The van der Waals surface area contributed by atoms with Crippen molar-refractivity contribution < 1.29 is 4.39 Å². The number of allylic oxidation sites excluding steroid dienone is 1. The second-order valence-electron chi connectivity index (χ2n) is 5.15. The third-order valence-corrected chi connectivity index (χ3v) is 1.72. The van der Waals surface area contributed by atoms with Gasteiger partial charge in [-0.25, -0.2) is 4.39 Å². The number of alkyl halides is 1. The van der Waals surface area contributed by atoms with Gasteiger partial charge in [-0.15, -0.1) is 0 Å². The van der Waals surface area contributed by atoms with Gasteiger partial charge in [-0.2, -0.15) is 0 Å². The SMILES string of the molecule is C=Cc1ccc(CC(=C)C)cc1.CC(C)(C)F. The van der Waals surface area contributed by atoms with Gasteiger partial charge in [-0.05, 0) is 45.2 Å². The molecule has 0 radical (unpaired) electrons. The fraction of sp³-hybridized carbons (Fsp3) is 0.375. The predicted molar refractivity (Wildman–Crippen MR) is 75.9 cm³/mol. The second kappa shape index (κ2) is 7.05. The van der Waals surface area contributed by atoms with Crippen LogP contribution < -0.4 is 0 Å². The van der Waals surface area contributed by atoms with Crippen molar-refractivity contribution in [2.75, 3.05) is 0 Å². The van der Waals surface area contributed by atoms with Gasteiger partial charge >= 0.3 is 0 Å². The Bertz CT molecular complexity index is 346. The van der Waals surface area contributed by atoms with E-state index in [0.717, 1.165) is 6.42 Å². The highest BCUT2D eigenvalue weighted by Crippen LogP contribution is 2.08. The molecular weight excluding hydrogens is 211 g/mol. The van der Waals surface area contributed by atoms with E-state index in [0.29, 0.717) is 0 Å². The molecule has 0 aliphatic rings. The van der Waals surface area contributed by atoms with Crippen LogP contribution in [0.3, 0.4) is 0 Å². The number of hydrogen-bond acceptors (Lipinski definition) is 0. The Morgan fingerprint density at radius 2 is 1.65 bits per heavy atom. The molecule has 0 unspecified atom stereocenters.